The Morgan fingerprint density at radius 1 is 1.18 bits per heavy atom. The highest BCUT2D eigenvalue weighted by molar-refractivity contribution is 9.10. The van der Waals surface area contributed by atoms with E-state index < -0.39 is 6.04 Å². The quantitative estimate of drug-likeness (QED) is 0.423. The second-order valence-electron chi connectivity index (χ2n) is 10.0. The summed E-state index contributed by atoms with van der Waals surface area (Å²) in [6.45, 7) is 8.29. The van der Waals surface area contributed by atoms with Crippen molar-refractivity contribution in [2.75, 3.05) is 6.61 Å². The van der Waals surface area contributed by atoms with Gasteiger partial charge in [0.25, 0.3) is 5.91 Å². The number of halogens is 2. The van der Waals surface area contributed by atoms with E-state index in [4.69, 9.17) is 16.3 Å². The second-order valence-corrected chi connectivity index (χ2v) is 11.3. The highest BCUT2D eigenvalue weighted by Crippen LogP contribution is 2.31. The molecule has 7 heteroatoms. The maximum absolute atomic E-state index is 13.3. The molecule has 0 unspecified atom stereocenters. The first kappa shape index (κ1) is 26.6. The molecule has 2 amide bonds. The number of benzene rings is 2. The zero-order chi connectivity index (χ0) is 24.9. The van der Waals surface area contributed by atoms with E-state index in [1.807, 2.05) is 36.4 Å². The molecule has 0 spiro atoms. The molecule has 0 bridgehead atoms. The molecule has 34 heavy (non-hydrogen) atoms. The van der Waals surface area contributed by atoms with Gasteiger partial charge in [0.15, 0.2) is 6.61 Å². The molecule has 1 fully saturated rings. The fourth-order valence-corrected chi connectivity index (χ4v) is 4.82. The van der Waals surface area contributed by atoms with Crippen LogP contribution in [0.5, 0.6) is 5.75 Å². The summed E-state index contributed by atoms with van der Waals surface area (Å²) in [5.74, 6) is 0.186. The first-order valence-corrected chi connectivity index (χ1v) is 13.0. The maximum atomic E-state index is 13.3. The Bertz CT molecular complexity index is 1020. The van der Waals surface area contributed by atoms with Crippen molar-refractivity contribution in [1.29, 1.82) is 0 Å². The van der Waals surface area contributed by atoms with Gasteiger partial charge in [-0.25, -0.2) is 0 Å². The predicted octanol–water partition coefficient (Wildman–Crippen LogP) is 6.25. The molecule has 2 aromatic rings. The van der Waals surface area contributed by atoms with Crippen LogP contribution in [0.25, 0.3) is 0 Å². The van der Waals surface area contributed by atoms with E-state index >= 15 is 0 Å². The summed E-state index contributed by atoms with van der Waals surface area (Å²) in [6, 6.07) is 12.8. The van der Waals surface area contributed by atoms with Crippen molar-refractivity contribution in [3.05, 3.63) is 63.1 Å². The second kappa shape index (κ2) is 11.6. The molecule has 1 N–H and O–H groups in total. The monoisotopic (exact) mass is 548 g/mol. The molecule has 0 aliphatic heterocycles. The van der Waals surface area contributed by atoms with Gasteiger partial charge in [-0.1, -0.05) is 63.4 Å². The van der Waals surface area contributed by atoms with Gasteiger partial charge in [-0.3, -0.25) is 9.59 Å². The molecule has 0 saturated heterocycles. The topological polar surface area (TPSA) is 58.6 Å². The highest BCUT2D eigenvalue weighted by atomic mass is 79.9. The summed E-state index contributed by atoms with van der Waals surface area (Å²) in [4.78, 5) is 27.8. The molecule has 1 atom stereocenters. The fraction of sp³-hybridized carbons (Fsp3) is 0.481. The molecule has 0 radical (unpaired) electrons. The summed E-state index contributed by atoms with van der Waals surface area (Å²) in [6.07, 6.45) is 4.23. The van der Waals surface area contributed by atoms with Gasteiger partial charge in [0.1, 0.15) is 11.8 Å². The number of carbonyl (C=O) groups excluding carboxylic acids is 2. The molecule has 3 rings (SSSR count). The first-order chi connectivity index (χ1) is 16.0. The lowest BCUT2D eigenvalue weighted by Gasteiger charge is -2.30. The molecule has 1 saturated carbocycles. The van der Waals surface area contributed by atoms with Crippen LogP contribution in [0, 0.1) is 0 Å². The number of ether oxygens (including phenoxy) is 1. The maximum Gasteiger partial charge on any atom is 0.261 e. The van der Waals surface area contributed by atoms with Crippen molar-refractivity contribution < 1.29 is 14.3 Å². The van der Waals surface area contributed by atoms with Crippen molar-refractivity contribution in [3.63, 3.8) is 0 Å². The number of nitrogens with one attached hydrogen (secondary N) is 1. The summed E-state index contributed by atoms with van der Waals surface area (Å²) in [5, 5.41) is 3.70. The van der Waals surface area contributed by atoms with Crippen molar-refractivity contribution in [2.45, 2.75) is 77.4 Å². The minimum atomic E-state index is -0.637. The lowest BCUT2D eigenvalue weighted by molar-refractivity contribution is -0.142. The summed E-state index contributed by atoms with van der Waals surface area (Å²) >= 11 is 9.71. The van der Waals surface area contributed by atoms with Crippen molar-refractivity contribution >= 4 is 39.3 Å². The Balaban J connectivity index is 1.73. The van der Waals surface area contributed by atoms with E-state index in [-0.39, 0.29) is 36.4 Å². The Labute approximate surface area is 216 Å². The summed E-state index contributed by atoms with van der Waals surface area (Å²) in [5.41, 5.74) is 2.03. The van der Waals surface area contributed by atoms with Crippen molar-refractivity contribution in [1.82, 2.24) is 10.2 Å². The van der Waals surface area contributed by atoms with E-state index in [0.29, 0.717) is 10.8 Å². The third kappa shape index (κ3) is 7.22. The molecular weight excluding hydrogens is 516 g/mol. The summed E-state index contributed by atoms with van der Waals surface area (Å²) < 4.78 is 6.67. The zero-order valence-corrected chi connectivity index (χ0v) is 22.7. The molecular formula is C27H34BrClN2O3. The van der Waals surface area contributed by atoms with Crippen LogP contribution in [0.2, 0.25) is 5.02 Å². The first-order valence-electron chi connectivity index (χ1n) is 11.8. The predicted molar refractivity (Wildman–Crippen MR) is 140 cm³/mol. The Hall–Kier alpha value is -2.05. The van der Waals surface area contributed by atoms with Crippen LogP contribution in [0.3, 0.4) is 0 Å². The highest BCUT2D eigenvalue weighted by Gasteiger charge is 2.29. The smallest absolute Gasteiger partial charge is 0.261 e. The van der Waals surface area contributed by atoms with Crippen molar-refractivity contribution in [2.24, 2.45) is 0 Å². The van der Waals surface area contributed by atoms with E-state index in [0.717, 1.165) is 41.3 Å². The van der Waals surface area contributed by atoms with E-state index in [1.165, 1.54) is 0 Å². The number of hydrogen-bond donors (Lipinski definition) is 1. The molecule has 2 aromatic carbocycles. The number of hydrogen-bond acceptors (Lipinski definition) is 3. The number of rotatable bonds is 8. The minimum absolute atomic E-state index is 0.00668. The molecule has 1 aliphatic carbocycles. The van der Waals surface area contributed by atoms with Gasteiger partial charge in [0.2, 0.25) is 5.91 Å². The normalized spacial score (nSPS) is 15.1. The van der Waals surface area contributed by atoms with Gasteiger partial charge in [0.05, 0.1) is 4.47 Å². The van der Waals surface area contributed by atoms with Crippen LogP contribution in [-0.2, 0) is 21.5 Å². The minimum Gasteiger partial charge on any atom is -0.483 e. The third-order valence-corrected chi connectivity index (χ3v) is 7.11. The molecule has 0 heterocycles. The van der Waals surface area contributed by atoms with Crippen LogP contribution >= 0.6 is 27.5 Å². The molecule has 0 aromatic heterocycles. The van der Waals surface area contributed by atoms with E-state index in [1.54, 1.807) is 17.9 Å². The molecule has 184 valence electrons. The Morgan fingerprint density at radius 2 is 1.88 bits per heavy atom. The van der Waals surface area contributed by atoms with Gasteiger partial charge in [-0.15, -0.1) is 0 Å². The average molecular weight is 550 g/mol. The standard InChI is InChI=1S/C27H34BrClN2O3/c1-18(26(33)30-22-10-5-6-11-22)31(16-19-8-7-9-21(29)14-19)25(32)17-34-24-13-12-20(15-23(24)28)27(2,3)4/h7-9,12-15,18,22H,5-6,10-11,16-17H2,1-4H3,(H,30,33)/t18-/m1/s1. The summed E-state index contributed by atoms with van der Waals surface area (Å²) in [7, 11) is 0. The lowest BCUT2D eigenvalue weighted by Crippen LogP contribution is -2.50. The average Bonchev–Trinajstić information content (AvgIpc) is 3.28. The van der Waals surface area contributed by atoms with Gasteiger partial charge >= 0.3 is 0 Å². The van der Waals surface area contributed by atoms with Gasteiger partial charge in [0, 0.05) is 17.6 Å². The van der Waals surface area contributed by atoms with E-state index in [9.17, 15) is 9.59 Å². The number of amides is 2. The van der Waals surface area contributed by atoms with E-state index in [2.05, 4.69) is 42.0 Å². The Kier molecular flexibility index (Phi) is 9.05. The van der Waals surface area contributed by atoms with Crippen LogP contribution in [0.1, 0.15) is 64.5 Å². The van der Waals surface area contributed by atoms with Crippen molar-refractivity contribution in [3.8, 4) is 5.75 Å². The van der Waals surface area contributed by atoms with Crippen LogP contribution in [-0.4, -0.2) is 35.4 Å². The lowest BCUT2D eigenvalue weighted by atomic mass is 9.87. The van der Waals surface area contributed by atoms with Crippen LogP contribution in [0.15, 0.2) is 46.9 Å². The van der Waals surface area contributed by atoms with Crippen LogP contribution in [0.4, 0.5) is 0 Å². The molecule has 5 nitrogen and oxygen atoms in total. The fourth-order valence-electron chi connectivity index (χ4n) is 4.11. The third-order valence-electron chi connectivity index (χ3n) is 6.26. The zero-order valence-electron chi connectivity index (χ0n) is 20.4. The molecule has 1 aliphatic rings. The van der Waals surface area contributed by atoms with Gasteiger partial charge in [-0.2, -0.15) is 0 Å². The Morgan fingerprint density at radius 3 is 2.50 bits per heavy atom. The number of nitrogens with zero attached hydrogens (tertiary/aromatic N) is 1. The number of carbonyl (C=O) groups is 2. The van der Waals surface area contributed by atoms with Gasteiger partial charge < -0.3 is 15.0 Å². The van der Waals surface area contributed by atoms with Gasteiger partial charge in [-0.05, 0) is 76.5 Å². The van der Waals surface area contributed by atoms with Crippen LogP contribution < -0.4 is 10.1 Å². The largest absolute Gasteiger partial charge is 0.483 e. The SMILES string of the molecule is C[C@H](C(=O)NC1CCCC1)N(Cc1cccc(Cl)c1)C(=O)COc1ccc(C(C)(C)C)cc1Br.